The number of carbonyl (C=O) groups is 2. The minimum Gasteiger partial charge on any atom is -0.521 e. The molecule has 0 atom stereocenters. The van der Waals surface area contributed by atoms with Gasteiger partial charge in [0, 0.05) is 32.7 Å². The van der Waals surface area contributed by atoms with E-state index < -0.39 is 11.9 Å². The molecule has 2 rings (SSSR count). The second-order valence-electron chi connectivity index (χ2n) is 4.66. The number of benzene rings is 2. The van der Waals surface area contributed by atoms with Crippen LogP contribution in [0.15, 0.2) is 24.3 Å². The van der Waals surface area contributed by atoms with Crippen molar-refractivity contribution in [3.8, 4) is 0 Å². The van der Waals surface area contributed by atoms with Gasteiger partial charge in [0.15, 0.2) is 0 Å². The maximum Gasteiger partial charge on any atom is 0.293 e. The zero-order valence-corrected chi connectivity index (χ0v) is 15.7. The third-order valence-electron chi connectivity index (χ3n) is 2.91. The molecule has 10 N–H and O–H groups in total. The van der Waals surface area contributed by atoms with E-state index >= 15 is 0 Å². The Morgan fingerprint density at radius 2 is 1.29 bits per heavy atom. The molecular formula is C15H17N4O4Y-. The fourth-order valence-electron chi connectivity index (χ4n) is 1.62. The zero-order chi connectivity index (χ0) is 17.7. The van der Waals surface area contributed by atoms with E-state index in [4.69, 9.17) is 33.1 Å². The van der Waals surface area contributed by atoms with Crippen LogP contribution in [0.3, 0.4) is 0 Å². The summed E-state index contributed by atoms with van der Waals surface area (Å²) >= 11 is 0. The van der Waals surface area contributed by atoms with E-state index in [9.17, 15) is 9.59 Å². The van der Waals surface area contributed by atoms with Crippen molar-refractivity contribution in [2.45, 2.75) is 6.92 Å². The summed E-state index contributed by atoms with van der Waals surface area (Å²) in [5, 5.41) is 17.2. The average molecular weight is 406 g/mol. The molecule has 0 spiro atoms. The number of aryl methyl sites for hydroxylation is 1. The van der Waals surface area contributed by atoms with Crippen LogP contribution in [0.5, 0.6) is 0 Å². The first-order valence-corrected chi connectivity index (χ1v) is 6.32. The zero-order valence-electron chi connectivity index (χ0n) is 12.9. The number of nitrogens with two attached hydrogens (primary N) is 4. The van der Waals surface area contributed by atoms with Crippen LogP contribution in [0.1, 0.15) is 26.3 Å². The molecule has 0 unspecified atom stereocenters. The maximum absolute atomic E-state index is 10.5. The van der Waals surface area contributed by atoms with Gasteiger partial charge < -0.3 is 37.9 Å². The molecule has 24 heavy (non-hydrogen) atoms. The smallest absolute Gasteiger partial charge is 0.293 e. The van der Waals surface area contributed by atoms with Crippen LogP contribution in [0.4, 0.5) is 22.7 Å². The minimum atomic E-state index is -1.11. The SMILES string of the molecule is Cc1cc(C(=O)O)[c-]cc1C(=O)O.Nc1cc(N)c(N)cc1N.[Y]. The van der Waals surface area contributed by atoms with Crippen molar-refractivity contribution in [3.05, 3.63) is 47.0 Å². The second kappa shape index (κ2) is 9.10. The Labute approximate surface area is 163 Å². The van der Waals surface area contributed by atoms with Crippen LogP contribution in [0, 0.1) is 13.0 Å². The fraction of sp³-hybridized carbons (Fsp3) is 0.0667. The van der Waals surface area contributed by atoms with Gasteiger partial charge in [0.05, 0.1) is 22.7 Å². The summed E-state index contributed by atoms with van der Waals surface area (Å²) in [5.41, 5.74) is 24.0. The fourth-order valence-corrected chi connectivity index (χ4v) is 1.62. The number of rotatable bonds is 2. The summed E-state index contributed by atoms with van der Waals surface area (Å²) in [6.45, 7) is 1.55. The largest absolute Gasteiger partial charge is 0.521 e. The van der Waals surface area contributed by atoms with Gasteiger partial charge in [0.2, 0.25) is 5.97 Å². The molecule has 0 saturated carbocycles. The van der Waals surface area contributed by atoms with E-state index in [-0.39, 0.29) is 43.8 Å². The van der Waals surface area contributed by atoms with Crippen LogP contribution in [-0.2, 0) is 32.7 Å². The van der Waals surface area contributed by atoms with Gasteiger partial charge in [0.25, 0.3) is 5.97 Å². The van der Waals surface area contributed by atoms with Crippen molar-refractivity contribution >= 4 is 34.7 Å². The summed E-state index contributed by atoms with van der Waals surface area (Å²) in [5.74, 6) is -2.19. The van der Waals surface area contributed by atoms with Crippen LogP contribution in [0.25, 0.3) is 0 Å². The van der Waals surface area contributed by atoms with E-state index in [1.165, 1.54) is 12.1 Å². The first kappa shape index (κ1) is 21.7. The van der Waals surface area contributed by atoms with Crippen molar-refractivity contribution in [2.75, 3.05) is 22.9 Å². The van der Waals surface area contributed by atoms with Gasteiger partial charge in [-0.25, -0.2) is 0 Å². The first-order valence-electron chi connectivity index (χ1n) is 6.32. The number of nitrogen functional groups attached to an aromatic ring is 4. The van der Waals surface area contributed by atoms with Crippen molar-refractivity contribution in [1.82, 2.24) is 0 Å². The quantitative estimate of drug-likeness (QED) is 0.318. The predicted octanol–water partition coefficient (Wildman–Crippen LogP) is 1.20. The number of anilines is 4. The van der Waals surface area contributed by atoms with E-state index in [0.717, 1.165) is 0 Å². The van der Waals surface area contributed by atoms with E-state index in [2.05, 4.69) is 6.07 Å². The van der Waals surface area contributed by atoms with Gasteiger partial charge >= 0.3 is 0 Å². The Balaban J connectivity index is 0.000000436. The summed E-state index contributed by atoms with van der Waals surface area (Å²) in [6.07, 6.45) is 0. The normalized spacial score (nSPS) is 9.21. The molecule has 0 amide bonds. The molecule has 0 fully saturated rings. The Morgan fingerprint density at radius 3 is 1.58 bits per heavy atom. The molecule has 0 aliphatic rings. The molecule has 0 aliphatic heterocycles. The van der Waals surface area contributed by atoms with E-state index in [0.29, 0.717) is 28.3 Å². The van der Waals surface area contributed by atoms with Crippen LogP contribution in [-0.4, -0.2) is 22.2 Å². The van der Waals surface area contributed by atoms with E-state index in [1.807, 2.05) is 0 Å². The van der Waals surface area contributed by atoms with Gasteiger partial charge in [-0.15, -0.1) is 23.8 Å². The summed E-state index contributed by atoms with van der Waals surface area (Å²) in [4.78, 5) is 21.0. The van der Waals surface area contributed by atoms with Gasteiger partial charge in [-0.2, -0.15) is 0 Å². The van der Waals surface area contributed by atoms with E-state index in [1.54, 1.807) is 19.1 Å². The molecule has 8 nitrogen and oxygen atoms in total. The van der Waals surface area contributed by atoms with Crippen molar-refractivity contribution in [2.24, 2.45) is 0 Å². The first-order chi connectivity index (χ1) is 10.6. The monoisotopic (exact) mass is 406 g/mol. The summed E-state index contributed by atoms with van der Waals surface area (Å²) in [7, 11) is 0. The van der Waals surface area contributed by atoms with Gasteiger partial charge in [-0.3, -0.25) is 4.79 Å². The summed E-state index contributed by atoms with van der Waals surface area (Å²) in [6, 6.07) is 7.92. The minimum absolute atomic E-state index is 0. The third-order valence-corrected chi connectivity index (χ3v) is 2.91. The standard InChI is InChI=1S/C9H7O4.C6H10N4.Y/c1-5-4-6(8(10)11)2-3-7(5)9(12)13;7-3-1-4(8)6(10)2-5(3)9;/h3-4H,1H3,(H,10,11)(H,12,13);1-2H,7-10H2;/q-1;;. The van der Waals surface area contributed by atoms with Crippen LogP contribution >= 0.6 is 0 Å². The Morgan fingerprint density at radius 1 is 0.875 bits per heavy atom. The molecule has 125 valence electrons. The number of hydrogen-bond donors (Lipinski definition) is 6. The van der Waals surface area contributed by atoms with Crippen LogP contribution < -0.4 is 22.9 Å². The molecule has 2 aromatic carbocycles. The molecule has 2 aromatic rings. The molecule has 0 bridgehead atoms. The number of aromatic carboxylic acids is 2. The molecule has 0 saturated heterocycles. The Hall–Kier alpha value is -2.32. The molecule has 0 heterocycles. The molecule has 1 radical (unpaired) electrons. The number of carboxylic acids is 2. The van der Waals surface area contributed by atoms with Gasteiger partial charge in [-0.1, -0.05) is 12.5 Å². The number of hydrogen-bond acceptors (Lipinski definition) is 6. The third kappa shape index (κ3) is 5.71. The second-order valence-corrected chi connectivity index (χ2v) is 4.66. The Kier molecular flexibility index (Phi) is 8.22. The maximum atomic E-state index is 10.5. The molecule has 0 aliphatic carbocycles. The average Bonchev–Trinajstić information content (AvgIpc) is 2.45. The molecule has 9 heteroatoms. The Bertz CT molecular complexity index is 715. The van der Waals surface area contributed by atoms with Crippen molar-refractivity contribution in [3.63, 3.8) is 0 Å². The molecular weight excluding hydrogens is 389 g/mol. The summed E-state index contributed by atoms with van der Waals surface area (Å²) < 4.78 is 0. The topological polar surface area (TPSA) is 179 Å². The van der Waals surface area contributed by atoms with Gasteiger partial charge in [-0.05, 0) is 17.7 Å². The number of carboxylic acid groups (broad SMARTS) is 2. The van der Waals surface area contributed by atoms with Crippen molar-refractivity contribution < 1.29 is 52.5 Å². The van der Waals surface area contributed by atoms with Crippen LogP contribution in [0.2, 0.25) is 0 Å². The predicted molar refractivity (Wildman–Crippen MR) is 88.0 cm³/mol. The van der Waals surface area contributed by atoms with Crippen molar-refractivity contribution in [1.29, 1.82) is 0 Å². The van der Waals surface area contributed by atoms with Gasteiger partial charge in [0.1, 0.15) is 0 Å². The molecule has 0 aromatic heterocycles.